The molecule has 1 rings (SSSR count). The van der Waals surface area contributed by atoms with Crippen molar-refractivity contribution in [3.8, 4) is 12.3 Å². The summed E-state index contributed by atoms with van der Waals surface area (Å²) in [5.41, 5.74) is 0. The van der Waals surface area contributed by atoms with Crippen molar-refractivity contribution < 1.29 is 9.59 Å². The van der Waals surface area contributed by atoms with Gasteiger partial charge in [0, 0.05) is 12.5 Å². The van der Waals surface area contributed by atoms with Crippen LogP contribution in [0.15, 0.2) is 0 Å². The first kappa shape index (κ1) is 18.5. The third kappa shape index (κ3) is 6.07. The number of carbonyl (C=O) groups is 2. The van der Waals surface area contributed by atoms with Gasteiger partial charge in [-0.05, 0) is 39.3 Å². The molecule has 2 N–H and O–H groups in total. The fourth-order valence-corrected chi connectivity index (χ4v) is 2.73. The number of piperidine rings is 1. The molecule has 124 valence electrons. The Bertz CT molecular complexity index is 395. The van der Waals surface area contributed by atoms with E-state index in [4.69, 9.17) is 6.42 Å². The van der Waals surface area contributed by atoms with Crippen LogP contribution in [-0.2, 0) is 9.59 Å². The Balaban J connectivity index is 2.29. The van der Waals surface area contributed by atoms with Gasteiger partial charge in [0.1, 0.15) is 0 Å². The Morgan fingerprint density at radius 3 is 2.55 bits per heavy atom. The van der Waals surface area contributed by atoms with E-state index in [-0.39, 0.29) is 30.3 Å². The fourth-order valence-electron chi connectivity index (χ4n) is 2.73. The fraction of sp³-hybridized carbons (Fsp3) is 0.765. The molecule has 0 aromatic rings. The summed E-state index contributed by atoms with van der Waals surface area (Å²) in [6.45, 7) is 6.63. The van der Waals surface area contributed by atoms with Crippen LogP contribution in [0.25, 0.3) is 0 Å². The molecular formula is C17H29N3O2. The van der Waals surface area contributed by atoms with Crippen LogP contribution in [0, 0.1) is 18.3 Å². The van der Waals surface area contributed by atoms with Crippen LogP contribution in [0.1, 0.15) is 46.0 Å². The number of nitrogens with zero attached hydrogens (tertiary/aromatic N) is 1. The van der Waals surface area contributed by atoms with Crippen LogP contribution >= 0.6 is 0 Å². The van der Waals surface area contributed by atoms with Crippen LogP contribution in [0.2, 0.25) is 0 Å². The molecule has 0 bridgehead atoms. The van der Waals surface area contributed by atoms with Gasteiger partial charge in [-0.2, -0.15) is 0 Å². The van der Waals surface area contributed by atoms with Gasteiger partial charge in [-0.15, -0.1) is 6.42 Å². The van der Waals surface area contributed by atoms with Crippen molar-refractivity contribution >= 4 is 11.8 Å². The van der Waals surface area contributed by atoms with Crippen molar-refractivity contribution in [3.63, 3.8) is 0 Å². The minimum absolute atomic E-state index is 0.0413. The van der Waals surface area contributed by atoms with Crippen molar-refractivity contribution in [2.75, 3.05) is 26.2 Å². The molecule has 0 spiro atoms. The summed E-state index contributed by atoms with van der Waals surface area (Å²) in [4.78, 5) is 26.1. The number of terminal acetylenes is 1. The number of nitrogens with one attached hydrogen (secondary N) is 2. The van der Waals surface area contributed by atoms with Crippen LogP contribution in [0.5, 0.6) is 0 Å². The zero-order valence-electron chi connectivity index (χ0n) is 13.9. The maximum absolute atomic E-state index is 12.1. The Morgan fingerprint density at radius 2 is 1.95 bits per heavy atom. The largest absolute Gasteiger partial charge is 0.356 e. The lowest BCUT2D eigenvalue weighted by atomic mass is 9.95. The molecule has 2 amide bonds. The average Bonchev–Trinajstić information content (AvgIpc) is 2.55. The number of hydrogen-bond donors (Lipinski definition) is 2. The Hall–Kier alpha value is -1.54. The molecule has 0 saturated carbocycles. The van der Waals surface area contributed by atoms with Gasteiger partial charge in [0.2, 0.25) is 11.8 Å². The highest BCUT2D eigenvalue weighted by molar-refractivity contribution is 5.81. The molecule has 1 fully saturated rings. The van der Waals surface area contributed by atoms with Crippen molar-refractivity contribution in [2.24, 2.45) is 5.92 Å². The molecule has 1 aliphatic rings. The lowest BCUT2D eigenvalue weighted by molar-refractivity contribution is -0.128. The minimum atomic E-state index is -0.193. The van der Waals surface area contributed by atoms with E-state index in [1.165, 1.54) is 0 Å². The van der Waals surface area contributed by atoms with Crippen molar-refractivity contribution in [3.05, 3.63) is 0 Å². The summed E-state index contributed by atoms with van der Waals surface area (Å²) < 4.78 is 0. The minimum Gasteiger partial charge on any atom is -0.356 e. The average molecular weight is 307 g/mol. The SMILES string of the molecule is C#CCNC(=O)C(C)N1CCC(C(=O)NCCCCC)CC1. The van der Waals surface area contributed by atoms with Gasteiger partial charge in [0.25, 0.3) is 0 Å². The molecule has 1 atom stereocenters. The Kier molecular flexibility index (Phi) is 8.61. The standard InChI is InChI=1S/C17H29N3O2/c1-4-6-7-11-19-17(22)15-8-12-20(13-9-15)14(3)16(21)18-10-5-2/h2,14-15H,4,6-13H2,1,3H3,(H,18,21)(H,19,22). The zero-order valence-corrected chi connectivity index (χ0v) is 13.9. The highest BCUT2D eigenvalue weighted by Crippen LogP contribution is 2.19. The van der Waals surface area contributed by atoms with Gasteiger partial charge < -0.3 is 10.6 Å². The van der Waals surface area contributed by atoms with E-state index in [2.05, 4.69) is 28.4 Å². The number of hydrogen-bond acceptors (Lipinski definition) is 3. The van der Waals surface area contributed by atoms with Gasteiger partial charge in [-0.3, -0.25) is 14.5 Å². The van der Waals surface area contributed by atoms with Crippen LogP contribution in [0.3, 0.4) is 0 Å². The van der Waals surface area contributed by atoms with E-state index in [9.17, 15) is 9.59 Å². The molecule has 0 radical (unpaired) electrons. The maximum Gasteiger partial charge on any atom is 0.237 e. The van der Waals surface area contributed by atoms with Gasteiger partial charge in [-0.1, -0.05) is 25.7 Å². The summed E-state index contributed by atoms with van der Waals surface area (Å²) in [7, 11) is 0. The highest BCUT2D eigenvalue weighted by atomic mass is 16.2. The number of unbranched alkanes of at least 4 members (excludes halogenated alkanes) is 2. The molecule has 22 heavy (non-hydrogen) atoms. The molecule has 5 nitrogen and oxygen atoms in total. The summed E-state index contributed by atoms with van der Waals surface area (Å²) in [5, 5.41) is 5.73. The van der Waals surface area contributed by atoms with Crippen molar-refractivity contribution in [1.29, 1.82) is 0 Å². The lowest BCUT2D eigenvalue weighted by Crippen LogP contribution is -2.49. The first-order chi connectivity index (χ1) is 10.6. The number of rotatable bonds is 8. The van der Waals surface area contributed by atoms with Crippen LogP contribution in [0.4, 0.5) is 0 Å². The van der Waals surface area contributed by atoms with E-state index in [1.54, 1.807) is 0 Å². The van der Waals surface area contributed by atoms with Crippen LogP contribution in [-0.4, -0.2) is 48.9 Å². The number of likely N-dealkylation sites (tertiary alicyclic amines) is 1. The lowest BCUT2D eigenvalue weighted by Gasteiger charge is -2.34. The number of amides is 2. The van der Waals surface area contributed by atoms with E-state index < -0.39 is 0 Å². The second-order valence-corrected chi connectivity index (χ2v) is 5.91. The van der Waals surface area contributed by atoms with Crippen molar-refractivity contribution in [2.45, 2.75) is 52.0 Å². The molecule has 1 unspecified atom stereocenters. The predicted octanol–water partition coefficient (Wildman–Crippen LogP) is 1.14. The van der Waals surface area contributed by atoms with Gasteiger partial charge >= 0.3 is 0 Å². The third-order valence-electron chi connectivity index (χ3n) is 4.27. The zero-order chi connectivity index (χ0) is 16.4. The quantitative estimate of drug-likeness (QED) is 0.522. The summed E-state index contributed by atoms with van der Waals surface area (Å²) >= 11 is 0. The Labute approximate surface area is 134 Å². The first-order valence-electron chi connectivity index (χ1n) is 8.33. The van der Waals surface area contributed by atoms with E-state index in [0.717, 1.165) is 51.7 Å². The van der Waals surface area contributed by atoms with Gasteiger partial charge in [0.05, 0.1) is 12.6 Å². The monoisotopic (exact) mass is 307 g/mol. The molecule has 0 aromatic heterocycles. The van der Waals surface area contributed by atoms with Gasteiger partial charge in [0.15, 0.2) is 0 Å². The predicted molar refractivity (Wildman–Crippen MR) is 88.1 cm³/mol. The summed E-state index contributed by atoms with van der Waals surface area (Å²) in [6.07, 6.45) is 10.1. The first-order valence-corrected chi connectivity index (χ1v) is 8.33. The summed E-state index contributed by atoms with van der Waals surface area (Å²) in [6, 6.07) is -0.193. The maximum atomic E-state index is 12.1. The second-order valence-electron chi connectivity index (χ2n) is 5.91. The second kappa shape index (κ2) is 10.2. The van der Waals surface area contributed by atoms with Gasteiger partial charge in [-0.25, -0.2) is 0 Å². The molecular weight excluding hydrogens is 278 g/mol. The smallest absolute Gasteiger partial charge is 0.237 e. The van der Waals surface area contributed by atoms with E-state index >= 15 is 0 Å². The van der Waals surface area contributed by atoms with E-state index in [1.807, 2.05) is 6.92 Å². The molecule has 5 heteroatoms. The molecule has 1 saturated heterocycles. The Morgan fingerprint density at radius 1 is 1.27 bits per heavy atom. The highest BCUT2D eigenvalue weighted by Gasteiger charge is 2.29. The topological polar surface area (TPSA) is 61.4 Å². The molecule has 1 heterocycles. The number of carbonyl (C=O) groups excluding carboxylic acids is 2. The molecule has 0 aromatic carbocycles. The molecule has 0 aliphatic carbocycles. The van der Waals surface area contributed by atoms with E-state index in [0.29, 0.717) is 0 Å². The summed E-state index contributed by atoms with van der Waals surface area (Å²) in [5.74, 6) is 2.61. The third-order valence-corrected chi connectivity index (χ3v) is 4.27. The normalized spacial score (nSPS) is 17.5. The van der Waals surface area contributed by atoms with Crippen LogP contribution < -0.4 is 10.6 Å². The molecule has 1 aliphatic heterocycles. The van der Waals surface area contributed by atoms with Crippen molar-refractivity contribution in [1.82, 2.24) is 15.5 Å².